The van der Waals surface area contributed by atoms with E-state index in [0.717, 1.165) is 32.1 Å². The number of nitrogens with zero attached hydrogens (tertiary/aromatic N) is 3. The molecule has 1 fully saturated rings. The fraction of sp³-hybridized carbons (Fsp3) is 0.407. The quantitative estimate of drug-likeness (QED) is 0.503. The second kappa shape index (κ2) is 9.41. The molecule has 0 bridgehead atoms. The number of rotatable bonds is 7. The maximum absolute atomic E-state index is 13.0. The minimum absolute atomic E-state index is 0.00549. The van der Waals surface area contributed by atoms with Gasteiger partial charge in [-0.1, -0.05) is 36.4 Å². The van der Waals surface area contributed by atoms with Crippen LogP contribution in [0.2, 0.25) is 0 Å². The van der Waals surface area contributed by atoms with Crippen molar-refractivity contribution in [3.63, 3.8) is 0 Å². The van der Waals surface area contributed by atoms with Crippen molar-refractivity contribution in [3.8, 4) is 0 Å². The Bertz CT molecular complexity index is 1290. The molecule has 0 spiro atoms. The topological polar surface area (TPSA) is 81.5 Å². The number of amides is 1. The van der Waals surface area contributed by atoms with E-state index in [1.807, 2.05) is 30.3 Å². The molecule has 1 atom stereocenters. The zero-order valence-corrected chi connectivity index (χ0v) is 19.4. The van der Waals surface area contributed by atoms with Crippen LogP contribution < -0.4 is 5.56 Å². The molecule has 7 nitrogen and oxygen atoms in total. The minimum atomic E-state index is -0.462. The number of hydrogen-bond acceptors (Lipinski definition) is 5. The number of carbonyl (C=O) groups excluding carboxylic acids is 2. The summed E-state index contributed by atoms with van der Waals surface area (Å²) in [5, 5.41) is 0.596. The first-order valence-electron chi connectivity index (χ1n) is 12.0. The summed E-state index contributed by atoms with van der Waals surface area (Å²) in [4.78, 5) is 44.5. The van der Waals surface area contributed by atoms with Gasteiger partial charge in [0.2, 0.25) is 0 Å². The third-order valence-corrected chi connectivity index (χ3v) is 6.90. The van der Waals surface area contributed by atoms with E-state index in [9.17, 15) is 14.4 Å². The van der Waals surface area contributed by atoms with E-state index in [-0.39, 0.29) is 36.6 Å². The van der Waals surface area contributed by atoms with Gasteiger partial charge in [-0.05, 0) is 55.4 Å². The van der Waals surface area contributed by atoms with Gasteiger partial charge in [-0.2, -0.15) is 0 Å². The lowest BCUT2D eigenvalue weighted by Crippen LogP contribution is -2.36. The molecule has 1 unspecified atom stereocenters. The summed E-state index contributed by atoms with van der Waals surface area (Å²) in [6, 6.07) is 15.7. The highest BCUT2D eigenvalue weighted by atomic mass is 16.5. The number of ether oxygens (including phenoxy) is 1. The van der Waals surface area contributed by atoms with Crippen LogP contribution >= 0.6 is 0 Å². The Balaban J connectivity index is 1.21. The molecule has 5 rings (SSSR count). The van der Waals surface area contributed by atoms with Gasteiger partial charge in [0, 0.05) is 19.5 Å². The fourth-order valence-corrected chi connectivity index (χ4v) is 4.91. The Morgan fingerprint density at radius 3 is 2.68 bits per heavy atom. The molecule has 1 heterocycles. The number of hydrogen-bond donors (Lipinski definition) is 0. The molecule has 2 aliphatic rings. The van der Waals surface area contributed by atoms with E-state index >= 15 is 0 Å². The van der Waals surface area contributed by atoms with Gasteiger partial charge < -0.3 is 9.64 Å². The summed E-state index contributed by atoms with van der Waals surface area (Å²) < 4.78 is 7.05. The van der Waals surface area contributed by atoms with Crippen molar-refractivity contribution in [1.29, 1.82) is 0 Å². The summed E-state index contributed by atoms with van der Waals surface area (Å²) in [6.07, 6.45) is 5.22. The van der Waals surface area contributed by atoms with Crippen LogP contribution in [0.5, 0.6) is 0 Å². The van der Waals surface area contributed by atoms with Crippen molar-refractivity contribution < 1.29 is 14.3 Å². The zero-order valence-electron chi connectivity index (χ0n) is 19.4. The second-order valence-electron chi connectivity index (χ2n) is 9.22. The summed E-state index contributed by atoms with van der Waals surface area (Å²) in [6.45, 7) is -0.283. The Kier molecular flexibility index (Phi) is 6.18. The molecule has 0 N–H and O–H groups in total. The van der Waals surface area contributed by atoms with Gasteiger partial charge in [-0.15, -0.1) is 0 Å². The monoisotopic (exact) mass is 459 g/mol. The first-order chi connectivity index (χ1) is 16.5. The molecule has 7 heteroatoms. The Morgan fingerprint density at radius 2 is 1.85 bits per heavy atom. The van der Waals surface area contributed by atoms with Crippen molar-refractivity contribution in [2.24, 2.45) is 0 Å². The fourth-order valence-electron chi connectivity index (χ4n) is 4.91. The van der Waals surface area contributed by atoms with Crippen LogP contribution in [-0.4, -0.2) is 40.0 Å². The Labute approximate surface area is 198 Å². The molecule has 0 saturated heterocycles. The second-order valence-corrected chi connectivity index (χ2v) is 9.22. The molecular formula is C27H29N3O4. The highest BCUT2D eigenvalue weighted by molar-refractivity contribution is 5.81. The number of para-hydroxylation sites is 1. The van der Waals surface area contributed by atoms with Gasteiger partial charge in [-0.25, -0.2) is 4.98 Å². The molecule has 1 aromatic heterocycles. The molecule has 0 aliphatic heterocycles. The smallest absolute Gasteiger partial charge is 0.306 e. The molecule has 0 radical (unpaired) electrons. The molecule has 3 aromatic rings. The van der Waals surface area contributed by atoms with Crippen LogP contribution in [0, 0.1) is 0 Å². The van der Waals surface area contributed by atoms with Crippen LogP contribution in [0.1, 0.15) is 61.1 Å². The van der Waals surface area contributed by atoms with Crippen LogP contribution in [0.15, 0.2) is 53.3 Å². The normalized spacial score (nSPS) is 17.3. The molecular weight excluding hydrogens is 430 g/mol. The van der Waals surface area contributed by atoms with E-state index in [1.54, 1.807) is 22.6 Å². The summed E-state index contributed by atoms with van der Waals surface area (Å²) in [5.41, 5.74) is 3.04. The number of carbonyl (C=O) groups is 2. The first kappa shape index (κ1) is 22.3. The average molecular weight is 460 g/mol. The van der Waals surface area contributed by atoms with Gasteiger partial charge in [0.05, 0.1) is 23.4 Å². The SMILES string of the molecule is CN(C(=O)COC(=O)CCc1nc2ccccc2c(=O)n1C1CC1)C1CCCc2ccccc21. The highest BCUT2D eigenvalue weighted by Crippen LogP contribution is 2.35. The molecule has 1 amide bonds. The molecule has 2 aromatic carbocycles. The average Bonchev–Trinajstić information content (AvgIpc) is 3.70. The third kappa shape index (κ3) is 4.47. The van der Waals surface area contributed by atoms with Crippen LogP contribution in [0.4, 0.5) is 0 Å². The number of likely N-dealkylation sites (N-methyl/N-ethyl adjacent to an activating group) is 1. The zero-order chi connectivity index (χ0) is 23.7. The van der Waals surface area contributed by atoms with Crippen molar-refractivity contribution >= 4 is 22.8 Å². The van der Waals surface area contributed by atoms with E-state index in [1.165, 1.54) is 11.1 Å². The predicted molar refractivity (Wildman–Crippen MR) is 128 cm³/mol. The summed E-state index contributed by atoms with van der Waals surface area (Å²) >= 11 is 0. The predicted octanol–water partition coefficient (Wildman–Crippen LogP) is 3.74. The van der Waals surface area contributed by atoms with Crippen LogP contribution in [0.3, 0.4) is 0 Å². The van der Waals surface area contributed by atoms with Gasteiger partial charge in [-0.3, -0.25) is 19.0 Å². The standard InChI is InChI=1S/C27H29N3O4/c1-29(23-12-6-8-18-7-2-3-9-20(18)23)25(31)17-34-26(32)16-15-24-28-22-11-5-4-10-21(22)27(33)30(24)19-13-14-19/h2-5,7,9-11,19,23H,6,8,12-17H2,1H3. The largest absolute Gasteiger partial charge is 0.456 e. The third-order valence-electron chi connectivity index (χ3n) is 6.90. The van der Waals surface area contributed by atoms with Gasteiger partial charge in [0.25, 0.3) is 11.5 Å². The highest BCUT2D eigenvalue weighted by Gasteiger charge is 2.29. The summed E-state index contributed by atoms with van der Waals surface area (Å²) in [7, 11) is 1.77. The molecule has 34 heavy (non-hydrogen) atoms. The Hall–Kier alpha value is -3.48. The minimum Gasteiger partial charge on any atom is -0.456 e. The van der Waals surface area contributed by atoms with Gasteiger partial charge in [0.15, 0.2) is 6.61 Å². The molecule has 2 aliphatic carbocycles. The maximum Gasteiger partial charge on any atom is 0.306 e. The Morgan fingerprint density at radius 1 is 1.09 bits per heavy atom. The lowest BCUT2D eigenvalue weighted by Gasteiger charge is -2.33. The van der Waals surface area contributed by atoms with E-state index in [4.69, 9.17) is 4.74 Å². The number of aromatic nitrogens is 2. The lowest BCUT2D eigenvalue weighted by atomic mass is 9.87. The van der Waals surface area contributed by atoms with Crippen molar-refractivity contribution in [2.45, 2.75) is 57.0 Å². The van der Waals surface area contributed by atoms with Gasteiger partial charge in [0.1, 0.15) is 5.82 Å². The number of fused-ring (bicyclic) bond motifs is 2. The maximum atomic E-state index is 13.0. The molecule has 176 valence electrons. The number of esters is 1. The summed E-state index contributed by atoms with van der Waals surface area (Å²) in [5.74, 6) is -0.0743. The van der Waals surface area contributed by atoms with Gasteiger partial charge >= 0.3 is 5.97 Å². The van der Waals surface area contributed by atoms with E-state index < -0.39 is 5.97 Å². The van der Waals surface area contributed by atoms with Crippen LogP contribution in [0.25, 0.3) is 10.9 Å². The number of aryl methyl sites for hydroxylation is 2. The number of benzene rings is 2. The van der Waals surface area contributed by atoms with Crippen molar-refractivity contribution in [3.05, 3.63) is 75.8 Å². The lowest BCUT2D eigenvalue weighted by molar-refractivity contribution is -0.152. The molecule has 1 saturated carbocycles. The van der Waals surface area contributed by atoms with E-state index in [0.29, 0.717) is 23.1 Å². The van der Waals surface area contributed by atoms with E-state index in [2.05, 4.69) is 17.1 Å². The van der Waals surface area contributed by atoms with Crippen molar-refractivity contribution in [2.75, 3.05) is 13.7 Å². The van der Waals surface area contributed by atoms with Crippen molar-refractivity contribution in [1.82, 2.24) is 14.5 Å². The first-order valence-corrected chi connectivity index (χ1v) is 12.0. The van der Waals surface area contributed by atoms with Crippen LogP contribution in [-0.2, 0) is 27.2 Å².